The molecule has 3 aromatic rings. The molecule has 36 heavy (non-hydrogen) atoms. The number of unbranched alkanes of at least 4 members (excludes halogenated alkanes) is 1. The van der Waals surface area contributed by atoms with Crippen molar-refractivity contribution in [3.63, 3.8) is 0 Å². The molecule has 0 saturated carbocycles. The second-order valence-corrected chi connectivity index (χ2v) is 10.2. The predicted octanol–water partition coefficient (Wildman–Crippen LogP) is 5.76. The lowest BCUT2D eigenvalue weighted by atomic mass is 9.81. The van der Waals surface area contributed by atoms with Crippen LogP contribution < -0.4 is 4.74 Å². The number of carboxylic acid groups (broad SMARTS) is 1. The van der Waals surface area contributed by atoms with Crippen molar-refractivity contribution in [2.75, 3.05) is 26.7 Å². The number of benzene rings is 2. The summed E-state index contributed by atoms with van der Waals surface area (Å²) in [6.45, 7) is 2.38. The van der Waals surface area contributed by atoms with E-state index in [0.717, 1.165) is 66.0 Å². The molecule has 192 valence electrons. The third-order valence-electron chi connectivity index (χ3n) is 7.39. The minimum Gasteiger partial charge on any atom is -0.497 e. The standard InChI is InChI=1S/C29H35ClN2O4/c1-36-23-9-10-27-25(18-23)24(12-14-31-27)28(33)11-8-21-13-16-32(19-26(21)29(34)35)15-3-2-5-20-6-4-7-22(30)17-20/h4,6-7,9-10,12,14,17-18,21,26,28,33H,2-3,5,8,11,13,15-16,19H2,1H3,(H,34,35)/t21-,26+,28+/m1/s1. The zero-order valence-corrected chi connectivity index (χ0v) is 21.5. The van der Waals surface area contributed by atoms with Crippen molar-refractivity contribution < 1.29 is 19.7 Å². The van der Waals surface area contributed by atoms with Gasteiger partial charge in [-0.2, -0.15) is 0 Å². The Bertz CT molecular complexity index is 1170. The molecule has 2 N–H and O–H groups in total. The first-order valence-corrected chi connectivity index (χ1v) is 13.1. The molecule has 4 rings (SSSR count). The Morgan fingerprint density at radius 3 is 2.86 bits per heavy atom. The number of carbonyl (C=O) groups is 1. The van der Waals surface area contributed by atoms with E-state index in [1.165, 1.54) is 5.56 Å². The summed E-state index contributed by atoms with van der Waals surface area (Å²) < 4.78 is 5.34. The van der Waals surface area contributed by atoms with Gasteiger partial charge in [0.05, 0.1) is 24.6 Å². The number of ether oxygens (including phenoxy) is 1. The van der Waals surface area contributed by atoms with Crippen LogP contribution in [0.4, 0.5) is 0 Å². The Labute approximate surface area is 217 Å². The fraction of sp³-hybridized carbons (Fsp3) is 0.448. The highest BCUT2D eigenvalue weighted by Crippen LogP contribution is 2.34. The number of aliphatic carboxylic acids is 1. The van der Waals surface area contributed by atoms with Crippen molar-refractivity contribution >= 4 is 28.5 Å². The number of pyridine rings is 1. The number of aryl methyl sites for hydroxylation is 1. The first-order valence-electron chi connectivity index (χ1n) is 12.7. The first-order chi connectivity index (χ1) is 17.4. The van der Waals surface area contributed by atoms with Crippen LogP contribution in [0.2, 0.25) is 5.02 Å². The molecule has 1 aliphatic heterocycles. The Kier molecular flexibility index (Phi) is 9.19. The van der Waals surface area contributed by atoms with E-state index < -0.39 is 18.0 Å². The van der Waals surface area contributed by atoms with Gasteiger partial charge in [0.25, 0.3) is 0 Å². The van der Waals surface area contributed by atoms with Gasteiger partial charge >= 0.3 is 5.97 Å². The number of rotatable bonds is 11. The van der Waals surface area contributed by atoms with Gasteiger partial charge in [0.2, 0.25) is 0 Å². The molecule has 2 aromatic carbocycles. The van der Waals surface area contributed by atoms with Crippen LogP contribution in [0.3, 0.4) is 0 Å². The monoisotopic (exact) mass is 510 g/mol. The zero-order valence-electron chi connectivity index (χ0n) is 20.8. The summed E-state index contributed by atoms with van der Waals surface area (Å²) in [6.07, 6.45) is 6.12. The number of aromatic nitrogens is 1. The van der Waals surface area contributed by atoms with Crippen molar-refractivity contribution in [2.24, 2.45) is 11.8 Å². The van der Waals surface area contributed by atoms with Crippen molar-refractivity contribution in [3.05, 3.63) is 70.9 Å². The van der Waals surface area contributed by atoms with Gasteiger partial charge in [-0.3, -0.25) is 9.78 Å². The highest BCUT2D eigenvalue weighted by atomic mass is 35.5. The minimum absolute atomic E-state index is 0.0579. The van der Waals surface area contributed by atoms with E-state index in [1.807, 2.05) is 42.5 Å². The Hall–Kier alpha value is -2.67. The van der Waals surface area contributed by atoms with Gasteiger partial charge in [-0.15, -0.1) is 0 Å². The highest BCUT2D eigenvalue weighted by molar-refractivity contribution is 6.30. The van der Waals surface area contributed by atoms with Crippen molar-refractivity contribution in [3.8, 4) is 5.75 Å². The Morgan fingerprint density at radius 2 is 2.08 bits per heavy atom. The number of carboxylic acids is 1. The fourth-order valence-corrected chi connectivity index (χ4v) is 5.56. The number of halogens is 1. The van der Waals surface area contributed by atoms with Gasteiger partial charge < -0.3 is 19.8 Å². The fourth-order valence-electron chi connectivity index (χ4n) is 5.35. The molecule has 0 spiro atoms. The molecule has 0 amide bonds. The molecule has 1 saturated heterocycles. The summed E-state index contributed by atoms with van der Waals surface area (Å²) in [5.74, 6) is -0.372. The third-order valence-corrected chi connectivity index (χ3v) is 7.62. The number of aliphatic hydroxyl groups is 1. The summed E-state index contributed by atoms with van der Waals surface area (Å²) in [7, 11) is 1.62. The van der Waals surface area contributed by atoms with E-state index in [0.29, 0.717) is 19.4 Å². The Balaban J connectivity index is 1.29. The third kappa shape index (κ3) is 6.75. The number of aliphatic hydroxyl groups excluding tert-OH is 1. The van der Waals surface area contributed by atoms with E-state index in [-0.39, 0.29) is 5.92 Å². The topological polar surface area (TPSA) is 82.9 Å². The molecule has 6 nitrogen and oxygen atoms in total. The SMILES string of the molecule is COc1ccc2nccc([C@@H](O)CC[C@@H]3CCN(CCCCc4cccc(Cl)c4)C[C@@H]3C(=O)O)c2c1. The van der Waals surface area contributed by atoms with E-state index in [4.69, 9.17) is 16.3 Å². The number of nitrogens with zero attached hydrogens (tertiary/aromatic N) is 2. The minimum atomic E-state index is -0.739. The molecule has 1 aromatic heterocycles. The van der Waals surface area contributed by atoms with Crippen molar-refractivity contribution in [2.45, 2.75) is 44.6 Å². The molecule has 0 unspecified atom stereocenters. The van der Waals surface area contributed by atoms with Crippen LogP contribution in [0.5, 0.6) is 5.75 Å². The van der Waals surface area contributed by atoms with Gasteiger partial charge in [0.1, 0.15) is 5.75 Å². The average molecular weight is 511 g/mol. The van der Waals surface area contributed by atoms with Gasteiger partial charge in [0.15, 0.2) is 0 Å². The predicted molar refractivity (Wildman–Crippen MR) is 143 cm³/mol. The summed E-state index contributed by atoms with van der Waals surface area (Å²) in [5.41, 5.74) is 2.85. The zero-order chi connectivity index (χ0) is 25.5. The number of piperidine rings is 1. The maximum atomic E-state index is 12.1. The summed E-state index contributed by atoms with van der Waals surface area (Å²) in [4.78, 5) is 18.8. The first kappa shape index (κ1) is 26.4. The second-order valence-electron chi connectivity index (χ2n) is 9.76. The number of hydrogen-bond donors (Lipinski definition) is 2. The number of hydrogen-bond acceptors (Lipinski definition) is 5. The quantitative estimate of drug-likeness (QED) is 0.319. The Morgan fingerprint density at radius 1 is 1.22 bits per heavy atom. The lowest BCUT2D eigenvalue weighted by Crippen LogP contribution is -2.44. The van der Waals surface area contributed by atoms with E-state index in [1.54, 1.807) is 13.3 Å². The van der Waals surface area contributed by atoms with Gasteiger partial charge in [0, 0.05) is 23.2 Å². The van der Waals surface area contributed by atoms with Gasteiger partial charge in [-0.25, -0.2) is 0 Å². The molecule has 3 atom stereocenters. The van der Waals surface area contributed by atoms with Crippen molar-refractivity contribution in [1.82, 2.24) is 9.88 Å². The van der Waals surface area contributed by atoms with Gasteiger partial charge in [-0.1, -0.05) is 23.7 Å². The van der Waals surface area contributed by atoms with Crippen LogP contribution in [0.25, 0.3) is 10.9 Å². The maximum Gasteiger partial charge on any atom is 0.308 e. The number of likely N-dealkylation sites (tertiary alicyclic amines) is 1. The molecule has 7 heteroatoms. The highest BCUT2D eigenvalue weighted by Gasteiger charge is 2.34. The normalized spacial score (nSPS) is 19.3. The van der Waals surface area contributed by atoms with Crippen LogP contribution in [0.1, 0.15) is 49.3 Å². The largest absolute Gasteiger partial charge is 0.497 e. The van der Waals surface area contributed by atoms with Crippen molar-refractivity contribution in [1.29, 1.82) is 0 Å². The smallest absolute Gasteiger partial charge is 0.308 e. The number of fused-ring (bicyclic) bond motifs is 1. The molecule has 0 radical (unpaired) electrons. The molecule has 2 heterocycles. The van der Waals surface area contributed by atoms with E-state index >= 15 is 0 Å². The van der Waals surface area contributed by atoms with Crippen LogP contribution in [-0.4, -0.2) is 52.8 Å². The molecule has 0 bridgehead atoms. The summed E-state index contributed by atoms with van der Waals surface area (Å²) in [6, 6.07) is 15.4. The molecule has 1 fully saturated rings. The maximum absolute atomic E-state index is 12.1. The lowest BCUT2D eigenvalue weighted by Gasteiger charge is -2.37. The lowest BCUT2D eigenvalue weighted by molar-refractivity contribution is -0.146. The summed E-state index contributed by atoms with van der Waals surface area (Å²) >= 11 is 6.07. The second kappa shape index (κ2) is 12.5. The van der Waals surface area contributed by atoms with Crippen LogP contribution in [0.15, 0.2) is 54.7 Å². The van der Waals surface area contributed by atoms with E-state index in [2.05, 4.69) is 16.0 Å². The molecular formula is C29H35ClN2O4. The van der Waals surface area contributed by atoms with E-state index in [9.17, 15) is 15.0 Å². The van der Waals surface area contributed by atoms with Crippen LogP contribution in [0, 0.1) is 11.8 Å². The van der Waals surface area contributed by atoms with Gasteiger partial charge in [-0.05, 0) is 105 Å². The number of methoxy groups -OCH3 is 1. The summed E-state index contributed by atoms with van der Waals surface area (Å²) in [5, 5.41) is 22.6. The molecule has 0 aliphatic carbocycles. The van der Waals surface area contributed by atoms with Crippen LogP contribution in [-0.2, 0) is 11.2 Å². The average Bonchev–Trinajstić information content (AvgIpc) is 2.89. The molecule has 1 aliphatic rings. The molecular weight excluding hydrogens is 476 g/mol. The van der Waals surface area contributed by atoms with Crippen LogP contribution >= 0.6 is 11.6 Å².